The van der Waals surface area contributed by atoms with E-state index in [4.69, 9.17) is 9.47 Å². The number of aliphatic hydroxyl groups excluding tert-OH is 2. The maximum absolute atomic E-state index is 13.3. The van der Waals surface area contributed by atoms with Crippen molar-refractivity contribution in [3.05, 3.63) is 0 Å². The van der Waals surface area contributed by atoms with Gasteiger partial charge in [0.1, 0.15) is 0 Å². The van der Waals surface area contributed by atoms with E-state index in [2.05, 4.69) is 67.2 Å². The summed E-state index contributed by atoms with van der Waals surface area (Å²) >= 11 is 0. The number of hydrogen-bond acceptors (Lipinski definition) is 5. The number of hydrogen-bond donors (Lipinski definition) is 2. The molecule has 0 aromatic heterocycles. The maximum Gasteiger partial charge on any atom is 0.222 e. The van der Waals surface area contributed by atoms with Gasteiger partial charge in [0.2, 0.25) is 5.91 Å². The molecule has 1 aliphatic heterocycles. The number of aliphatic hydroxyl groups is 2. The number of rotatable bonds is 13. The Morgan fingerprint density at radius 1 is 0.857 bits per heavy atom. The summed E-state index contributed by atoms with van der Waals surface area (Å²) in [4.78, 5) is 15.5. The molecular weight excluding hydrogens is 442 g/mol. The molecule has 208 valence electrons. The second kappa shape index (κ2) is 12.2. The van der Waals surface area contributed by atoms with Crippen LogP contribution in [0.4, 0.5) is 0 Å². The molecule has 1 rings (SSSR count). The van der Waals surface area contributed by atoms with Crippen molar-refractivity contribution in [3.8, 4) is 0 Å². The van der Waals surface area contributed by atoms with Crippen molar-refractivity contribution >= 4 is 5.91 Å². The zero-order valence-electron chi connectivity index (χ0n) is 24.8. The van der Waals surface area contributed by atoms with E-state index in [1.807, 2.05) is 13.8 Å². The fourth-order valence-corrected chi connectivity index (χ4v) is 6.15. The standard InChI is InChI=1S/C29H57NO5/c1-25(2,3)24(30-17-14-12-13-15-23(30)33)28(8,9)29(10,11)27(6,7)22(21-34-20-19-32)35-26(4,5)16-18-31/h22,24,31-32H,12-21H2,1-11H3. The minimum atomic E-state index is -0.524. The fraction of sp³-hybridized carbons (Fsp3) is 0.966. The lowest BCUT2D eigenvalue weighted by molar-refractivity contribution is -0.208. The Balaban J connectivity index is 3.52. The van der Waals surface area contributed by atoms with E-state index < -0.39 is 5.60 Å². The minimum Gasteiger partial charge on any atom is -0.396 e. The summed E-state index contributed by atoms with van der Waals surface area (Å²) in [6.45, 7) is 25.9. The molecule has 0 saturated carbocycles. The molecule has 2 N–H and O–H groups in total. The summed E-state index contributed by atoms with van der Waals surface area (Å²) in [6.07, 6.45) is 4.00. The normalized spacial score (nSPS) is 19.0. The predicted molar refractivity (Wildman–Crippen MR) is 143 cm³/mol. The smallest absolute Gasteiger partial charge is 0.222 e. The molecule has 1 heterocycles. The molecule has 0 aliphatic carbocycles. The number of amides is 1. The third-order valence-electron chi connectivity index (χ3n) is 9.13. The van der Waals surface area contributed by atoms with Crippen LogP contribution in [-0.2, 0) is 14.3 Å². The minimum absolute atomic E-state index is 0.0365. The van der Waals surface area contributed by atoms with Crippen LogP contribution in [0.3, 0.4) is 0 Å². The Morgan fingerprint density at radius 3 is 1.97 bits per heavy atom. The molecule has 2 unspecified atom stereocenters. The summed E-state index contributed by atoms with van der Waals surface area (Å²) < 4.78 is 12.5. The van der Waals surface area contributed by atoms with Gasteiger partial charge in [-0.3, -0.25) is 4.79 Å². The van der Waals surface area contributed by atoms with Crippen molar-refractivity contribution in [2.45, 2.75) is 126 Å². The second-order valence-corrected chi connectivity index (χ2v) is 13.9. The Labute approximate surface area is 216 Å². The molecule has 1 aliphatic rings. The van der Waals surface area contributed by atoms with Gasteiger partial charge in [-0.15, -0.1) is 0 Å². The highest BCUT2D eigenvalue weighted by atomic mass is 16.5. The van der Waals surface area contributed by atoms with Crippen LogP contribution in [0.1, 0.15) is 108 Å². The third-order valence-corrected chi connectivity index (χ3v) is 9.13. The molecule has 0 aromatic rings. The fourth-order valence-electron chi connectivity index (χ4n) is 6.15. The lowest BCUT2D eigenvalue weighted by Gasteiger charge is -2.62. The topological polar surface area (TPSA) is 79.2 Å². The van der Waals surface area contributed by atoms with Crippen molar-refractivity contribution < 1.29 is 24.5 Å². The van der Waals surface area contributed by atoms with E-state index in [0.29, 0.717) is 19.4 Å². The molecule has 0 spiro atoms. The molecule has 35 heavy (non-hydrogen) atoms. The highest BCUT2D eigenvalue weighted by Crippen LogP contribution is 2.59. The first-order valence-electron chi connectivity index (χ1n) is 13.6. The van der Waals surface area contributed by atoms with E-state index >= 15 is 0 Å². The number of likely N-dealkylation sites (tertiary alicyclic amines) is 1. The molecule has 0 bridgehead atoms. The van der Waals surface area contributed by atoms with Crippen molar-refractivity contribution in [2.24, 2.45) is 21.7 Å². The van der Waals surface area contributed by atoms with Gasteiger partial charge in [0.15, 0.2) is 0 Å². The molecule has 1 saturated heterocycles. The van der Waals surface area contributed by atoms with Gasteiger partial charge in [-0.05, 0) is 54.8 Å². The van der Waals surface area contributed by atoms with Crippen LogP contribution >= 0.6 is 0 Å². The van der Waals surface area contributed by atoms with Crippen LogP contribution in [0.15, 0.2) is 0 Å². The van der Waals surface area contributed by atoms with Crippen LogP contribution in [0, 0.1) is 21.7 Å². The highest BCUT2D eigenvalue weighted by molar-refractivity contribution is 5.77. The molecule has 0 aromatic carbocycles. The average molecular weight is 500 g/mol. The Morgan fingerprint density at radius 2 is 1.46 bits per heavy atom. The van der Waals surface area contributed by atoms with Crippen molar-refractivity contribution in [1.82, 2.24) is 4.90 Å². The molecule has 6 nitrogen and oxygen atoms in total. The molecule has 6 heteroatoms. The van der Waals surface area contributed by atoms with Crippen LogP contribution in [0.2, 0.25) is 0 Å². The first kappa shape index (κ1) is 32.3. The van der Waals surface area contributed by atoms with Gasteiger partial charge < -0.3 is 24.6 Å². The highest BCUT2D eigenvalue weighted by Gasteiger charge is 2.58. The average Bonchev–Trinajstić information content (AvgIpc) is 2.90. The van der Waals surface area contributed by atoms with Gasteiger partial charge in [-0.2, -0.15) is 0 Å². The largest absolute Gasteiger partial charge is 0.396 e. The number of carbonyl (C=O) groups is 1. The van der Waals surface area contributed by atoms with E-state index in [0.717, 1.165) is 25.8 Å². The van der Waals surface area contributed by atoms with E-state index in [-0.39, 0.29) is 59.5 Å². The molecular formula is C29H57NO5. The number of carbonyl (C=O) groups excluding carboxylic acids is 1. The Hall–Kier alpha value is -0.690. The quantitative estimate of drug-likeness (QED) is 0.330. The zero-order chi connectivity index (χ0) is 27.3. The summed E-state index contributed by atoms with van der Waals surface area (Å²) in [5.74, 6) is 0.271. The van der Waals surface area contributed by atoms with Gasteiger partial charge >= 0.3 is 0 Å². The lowest BCUT2D eigenvalue weighted by Crippen LogP contribution is -2.64. The zero-order valence-corrected chi connectivity index (χ0v) is 24.8. The van der Waals surface area contributed by atoms with E-state index in [9.17, 15) is 15.0 Å². The number of ether oxygens (including phenoxy) is 2. The Kier molecular flexibility index (Phi) is 11.3. The van der Waals surface area contributed by atoms with Crippen LogP contribution in [-0.4, -0.2) is 71.7 Å². The summed E-state index contributed by atoms with van der Waals surface area (Å²) in [6, 6.07) is 0.0411. The van der Waals surface area contributed by atoms with Gasteiger partial charge in [-0.25, -0.2) is 0 Å². The van der Waals surface area contributed by atoms with Crippen LogP contribution < -0.4 is 0 Å². The van der Waals surface area contributed by atoms with Crippen LogP contribution in [0.5, 0.6) is 0 Å². The van der Waals surface area contributed by atoms with Gasteiger partial charge in [0.05, 0.1) is 31.5 Å². The monoisotopic (exact) mass is 499 g/mol. The van der Waals surface area contributed by atoms with E-state index in [1.54, 1.807) is 0 Å². The Bertz CT molecular complexity index is 662. The van der Waals surface area contributed by atoms with Gasteiger partial charge in [0.25, 0.3) is 0 Å². The molecule has 0 radical (unpaired) electrons. The SMILES string of the molecule is CC(C)(CCO)OC(COCCO)C(C)(C)C(C)(C)C(C)(C)C(N1CCCCCC1=O)C(C)(C)C. The van der Waals surface area contributed by atoms with Gasteiger partial charge in [-0.1, -0.05) is 68.7 Å². The summed E-state index contributed by atoms with van der Waals surface area (Å²) in [7, 11) is 0. The summed E-state index contributed by atoms with van der Waals surface area (Å²) in [5, 5.41) is 18.9. The lowest BCUT2D eigenvalue weighted by atomic mass is 9.48. The molecule has 1 fully saturated rings. The van der Waals surface area contributed by atoms with Crippen molar-refractivity contribution in [1.29, 1.82) is 0 Å². The summed E-state index contributed by atoms with van der Waals surface area (Å²) in [5.41, 5.74) is -1.56. The molecule has 1 amide bonds. The maximum atomic E-state index is 13.3. The van der Waals surface area contributed by atoms with Crippen LogP contribution in [0.25, 0.3) is 0 Å². The van der Waals surface area contributed by atoms with Crippen molar-refractivity contribution in [3.63, 3.8) is 0 Å². The van der Waals surface area contributed by atoms with Crippen molar-refractivity contribution in [2.75, 3.05) is 33.0 Å². The number of nitrogens with zero attached hydrogens (tertiary/aromatic N) is 1. The first-order valence-corrected chi connectivity index (χ1v) is 13.6. The van der Waals surface area contributed by atoms with E-state index in [1.165, 1.54) is 0 Å². The predicted octanol–water partition coefficient (Wildman–Crippen LogP) is 5.44. The first-order chi connectivity index (χ1) is 15.9. The third kappa shape index (κ3) is 7.66. The molecule has 2 atom stereocenters. The second-order valence-electron chi connectivity index (χ2n) is 13.9. The van der Waals surface area contributed by atoms with Gasteiger partial charge in [0, 0.05) is 25.6 Å².